The number of hydrogen-bond acceptors (Lipinski definition) is 3. The van der Waals surface area contributed by atoms with Gasteiger partial charge in [0.2, 0.25) is 0 Å². The van der Waals surface area contributed by atoms with Crippen LogP contribution in [0.2, 0.25) is 0 Å². The molecule has 1 aromatic carbocycles. The van der Waals surface area contributed by atoms with Gasteiger partial charge in [0.1, 0.15) is 0 Å². The van der Waals surface area contributed by atoms with Gasteiger partial charge >= 0.3 is 0 Å². The summed E-state index contributed by atoms with van der Waals surface area (Å²) in [5, 5.41) is 19.1. The highest BCUT2D eigenvalue weighted by Gasteiger charge is 2.37. The van der Waals surface area contributed by atoms with Crippen LogP contribution < -0.4 is 0 Å². The van der Waals surface area contributed by atoms with Crippen LogP contribution in [0.1, 0.15) is 45.6 Å². The molecule has 3 nitrogen and oxygen atoms in total. The molecular formula is C14H18O3. The average molecular weight is 234 g/mol. The van der Waals surface area contributed by atoms with Crippen LogP contribution in [0.15, 0.2) is 6.07 Å². The molecule has 0 unspecified atom stereocenters. The highest BCUT2D eigenvalue weighted by atomic mass is 16.3. The average Bonchev–Trinajstić information content (AvgIpc) is 2.50. The van der Waals surface area contributed by atoms with E-state index in [9.17, 15) is 9.90 Å². The number of fused-ring (bicyclic) bond motifs is 1. The largest absolute Gasteiger partial charge is 0.396 e. The molecule has 3 heteroatoms. The third-order valence-electron chi connectivity index (χ3n) is 3.78. The fourth-order valence-electron chi connectivity index (χ4n) is 2.75. The lowest BCUT2D eigenvalue weighted by molar-refractivity contribution is 0.0790. The molecule has 0 radical (unpaired) electrons. The van der Waals surface area contributed by atoms with Crippen molar-refractivity contribution < 1.29 is 15.0 Å². The lowest BCUT2D eigenvalue weighted by Crippen LogP contribution is -2.09. The molecule has 0 aromatic heterocycles. The minimum absolute atomic E-state index is 0.0178. The van der Waals surface area contributed by atoms with E-state index in [1.54, 1.807) is 6.92 Å². The third kappa shape index (κ3) is 1.70. The molecule has 0 heterocycles. The van der Waals surface area contributed by atoms with E-state index in [4.69, 9.17) is 5.11 Å². The second-order valence-corrected chi connectivity index (χ2v) is 4.83. The van der Waals surface area contributed by atoms with Gasteiger partial charge in [0.05, 0.1) is 6.10 Å². The van der Waals surface area contributed by atoms with Crippen molar-refractivity contribution >= 4 is 5.78 Å². The zero-order valence-corrected chi connectivity index (χ0v) is 10.4. The molecule has 1 aliphatic carbocycles. The van der Waals surface area contributed by atoms with E-state index in [0.717, 1.165) is 22.3 Å². The summed E-state index contributed by atoms with van der Waals surface area (Å²) in [6, 6.07) is 1.89. The van der Waals surface area contributed by atoms with E-state index < -0.39 is 6.10 Å². The van der Waals surface area contributed by atoms with Crippen molar-refractivity contribution in [2.75, 3.05) is 6.61 Å². The van der Waals surface area contributed by atoms with Gasteiger partial charge in [-0.1, -0.05) is 13.0 Å². The molecule has 0 bridgehead atoms. The number of ketones is 1. The van der Waals surface area contributed by atoms with Crippen LogP contribution in [0.25, 0.3) is 0 Å². The first-order valence-corrected chi connectivity index (χ1v) is 5.95. The Bertz CT molecular complexity index is 477. The van der Waals surface area contributed by atoms with Gasteiger partial charge in [0.25, 0.3) is 0 Å². The van der Waals surface area contributed by atoms with Gasteiger partial charge in [-0.15, -0.1) is 0 Å². The summed E-state index contributed by atoms with van der Waals surface area (Å²) < 4.78 is 0. The SMILES string of the molecule is Cc1cc2c(c(C)c1CCO)C(=O)[C@@H](C)[C@@H]2O. The van der Waals surface area contributed by atoms with Crippen LogP contribution in [-0.4, -0.2) is 22.6 Å². The number of hydrogen-bond donors (Lipinski definition) is 2. The van der Waals surface area contributed by atoms with Crippen LogP contribution in [-0.2, 0) is 6.42 Å². The number of carbonyl (C=O) groups is 1. The smallest absolute Gasteiger partial charge is 0.169 e. The summed E-state index contributed by atoms with van der Waals surface area (Å²) in [4.78, 5) is 12.1. The molecule has 92 valence electrons. The zero-order chi connectivity index (χ0) is 12.7. The minimum Gasteiger partial charge on any atom is -0.396 e. The summed E-state index contributed by atoms with van der Waals surface area (Å²) in [7, 11) is 0. The van der Waals surface area contributed by atoms with Gasteiger partial charge in [0, 0.05) is 18.1 Å². The van der Waals surface area contributed by atoms with E-state index in [0.29, 0.717) is 12.0 Å². The second-order valence-electron chi connectivity index (χ2n) is 4.83. The van der Waals surface area contributed by atoms with Crippen LogP contribution in [0.3, 0.4) is 0 Å². The number of rotatable bonds is 2. The number of aryl methyl sites for hydroxylation is 1. The Morgan fingerprint density at radius 1 is 1.35 bits per heavy atom. The van der Waals surface area contributed by atoms with Gasteiger partial charge < -0.3 is 10.2 Å². The molecule has 17 heavy (non-hydrogen) atoms. The van der Waals surface area contributed by atoms with Crippen molar-refractivity contribution in [1.29, 1.82) is 0 Å². The van der Waals surface area contributed by atoms with Crippen LogP contribution in [0, 0.1) is 19.8 Å². The topological polar surface area (TPSA) is 57.5 Å². The predicted octanol–water partition coefficient (Wildman–Crippen LogP) is 1.70. The van der Waals surface area contributed by atoms with E-state index in [-0.39, 0.29) is 18.3 Å². The molecule has 0 spiro atoms. The fraction of sp³-hybridized carbons (Fsp3) is 0.500. The summed E-state index contributed by atoms with van der Waals surface area (Å²) in [6.45, 7) is 5.69. The summed E-state index contributed by atoms with van der Waals surface area (Å²) >= 11 is 0. The van der Waals surface area contributed by atoms with E-state index in [1.165, 1.54) is 0 Å². The highest BCUT2D eigenvalue weighted by molar-refractivity contribution is 6.04. The molecule has 0 aliphatic heterocycles. The van der Waals surface area contributed by atoms with Crippen LogP contribution in [0.4, 0.5) is 0 Å². The van der Waals surface area contributed by atoms with Crippen molar-refractivity contribution in [2.45, 2.75) is 33.3 Å². The first-order chi connectivity index (χ1) is 7.99. The van der Waals surface area contributed by atoms with Crippen molar-refractivity contribution in [2.24, 2.45) is 5.92 Å². The Morgan fingerprint density at radius 3 is 2.59 bits per heavy atom. The van der Waals surface area contributed by atoms with Gasteiger partial charge in [-0.2, -0.15) is 0 Å². The normalized spacial score (nSPS) is 23.0. The highest BCUT2D eigenvalue weighted by Crippen LogP contribution is 2.39. The molecule has 2 atom stereocenters. The molecule has 0 saturated carbocycles. The van der Waals surface area contributed by atoms with Crippen molar-refractivity contribution in [3.05, 3.63) is 33.9 Å². The van der Waals surface area contributed by atoms with Crippen LogP contribution in [0.5, 0.6) is 0 Å². The van der Waals surface area contributed by atoms with Crippen molar-refractivity contribution in [1.82, 2.24) is 0 Å². The van der Waals surface area contributed by atoms with Gasteiger partial charge in [-0.3, -0.25) is 4.79 Å². The Hall–Kier alpha value is -1.19. The summed E-state index contributed by atoms with van der Waals surface area (Å²) in [5.41, 5.74) is 4.40. The number of aliphatic hydroxyl groups excluding tert-OH is 2. The van der Waals surface area contributed by atoms with Gasteiger partial charge in [0.15, 0.2) is 5.78 Å². The summed E-state index contributed by atoms with van der Waals surface area (Å²) in [6.07, 6.45) is -0.124. The molecular weight excluding hydrogens is 216 g/mol. The quantitative estimate of drug-likeness (QED) is 0.819. The Labute approximate surface area is 101 Å². The molecule has 2 rings (SSSR count). The lowest BCUT2D eigenvalue weighted by Gasteiger charge is -2.14. The molecule has 0 saturated heterocycles. The van der Waals surface area contributed by atoms with Gasteiger partial charge in [-0.25, -0.2) is 0 Å². The molecule has 1 aliphatic rings. The van der Waals surface area contributed by atoms with E-state index >= 15 is 0 Å². The lowest BCUT2D eigenvalue weighted by atomic mass is 9.92. The fourth-order valence-corrected chi connectivity index (χ4v) is 2.75. The first-order valence-electron chi connectivity index (χ1n) is 5.95. The minimum atomic E-state index is -0.682. The number of benzene rings is 1. The van der Waals surface area contributed by atoms with E-state index in [1.807, 2.05) is 19.9 Å². The molecule has 0 fully saturated rings. The molecule has 0 amide bonds. The Kier molecular flexibility index (Phi) is 3.06. The number of aliphatic hydroxyl groups is 2. The van der Waals surface area contributed by atoms with Crippen molar-refractivity contribution in [3.8, 4) is 0 Å². The van der Waals surface area contributed by atoms with E-state index in [2.05, 4.69) is 0 Å². The standard InChI is InChI=1S/C14H18O3/c1-7-6-11-12(8(2)10(7)4-5-15)14(17)9(3)13(11)16/h6,9,13,15-16H,4-5H2,1-3H3/t9-,13-/m0/s1. The van der Waals surface area contributed by atoms with Gasteiger partial charge in [-0.05, 0) is 42.5 Å². The Balaban J connectivity index is 2.65. The third-order valence-corrected chi connectivity index (χ3v) is 3.78. The Morgan fingerprint density at radius 2 is 2.00 bits per heavy atom. The number of carbonyl (C=O) groups excluding carboxylic acids is 1. The molecule has 1 aromatic rings. The van der Waals surface area contributed by atoms with Crippen molar-refractivity contribution in [3.63, 3.8) is 0 Å². The zero-order valence-electron chi connectivity index (χ0n) is 10.4. The first kappa shape index (κ1) is 12.3. The maximum Gasteiger partial charge on any atom is 0.169 e. The maximum atomic E-state index is 12.1. The maximum absolute atomic E-state index is 12.1. The second kappa shape index (κ2) is 4.24. The summed E-state index contributed by atoms with van der Waals surface area (Å²) in [5.74, 6) is -0.336. The van der Waals surface area contributed by atoms with Crippen LogP contribution >= 0.6 is 0 Å². The molecule has 2 N–H and O–H groups in total. The predicted molar refractivity (Wildman–Crippen MR) is 65.2 cm³/mol. The number of Topliss-reactive ketones (excluding diaryl/α,β-unsaturated/α-hetero) is 1. The monoisotopic (exact) mass is 234 g/mol.